The molecule has 21 heavy (non-hydrogen) atoms. The zero-order valence-electron chi connectivity index (χ0n) is 11.8. The lowest BCUT2D eigenvalue weighted by Crippen LogP contribution is -2.37. The van der Waals surface area contributed by atoms with E-state index in [0.717, 1.165) is 24.2 Å². The minimum absolute atomic E-state index is 0.378. The second-order valence-electron chi connectivity index (χ2n) is 5.59. The van der Waals surface area contributed by atoms with Gasteiger partial charge >= 0.3 is 5.97 Å². The molecule has 2 atom stereocenters. The monoisotopic (exact) mass is 280 g/mol. The number of para-hydroxylation sites is 1. The molecular weight excluding hydrogens is 264 g/mol. The van der Waals surface area contributed by atoms with Crippen LogP contribution in [0.25, 0.3) is 0 Å². The molecule has 1 aliphatic carbocycles. The van der Waals surface area contributed by atoms with Crippen LogP contribution in [0.5, 0.6) is 0 Å². The number of benzene rings is 1. The number of anilines is 1. The van der Waals surface area contributed by atoms with Crippen LogP contribution >= 0.6 is 0 Å². The summed E-state index contributed by atoms with van der Waals surface area (Å²) in [5.74, 6) is 0.0371. The predicted octanol–water partition coefficient (Wildman–Crippen LogP) is 2.76. The highest BCUT2D eigenvalue weighted by molar-refractivity contribution is 6.08. The average molecular weight is 280 g/mol. The Balaban J connectivity index is 1.82. The van der Waals surface area contributed by atoms with Gasteiger partial charge in [0.2, 0.25) is 0 Å². The molecule has 2 aliphatic heterocycles. The van der Waals surface area contributed by atoms with Gasteiger partial charge in [0.25, 0.3) is 0 Å². The topological polar surface area (TPSA) is 41.9 Å². The van der Waals surface area contributed by atoms with Crippen molar-refractivity contribution in [2.75, 3.05) is 11.4 Å². The quantitative estimate of drug-likeness (QED) is 0.587. The fourth-order valence-electron chi connectivity index (χ4n) is 3.55. The maximum Gasteiger partial charge on any atom is 0.331 e. The Hall–Kier alpha value is -2.36. The second-order valence-corrected chi connectivity index (χ2v) is 5.59. The fraction of sp³-hybridized carbons (Fsp3) is 0.294. The average Bonchev–Trinajstić information content (AvgIpc) is 2.83. The van der Waals surface area contributed by atoms with Crippen molar-refractivity contribution < 1.29 is 9.63 Å². The van der Waals surface area contributed by atoms with Crippen LogP contribution in [0.15, 0.2) is 47.7 Å². The predicted molar refractivity (Wildman–Crippen MR) is 81.5 cm³/mol. The van der Waals surface area contributed by atoms with Gasteiger partial charge < -0.3 is 9.74 Å². The Morgan fingerprint density at radius 3 is 3.05 bits per heavy atom. The maximum absolute atomic E-state index is 11.0. The van der Waals surface area contributed by atoms with E-state index in [1.165, 1.54) is 18.2 Å². The van der Waals surface area contributed by atoms with Crippen molar-refractivity contribution >= 4 is 17.4 Å². The van der Waals surface area contributed by atoms with E-state index in [0.29, 0.717) is 12.0 Å². The number of fused-ring (bicyclic) bond motifs is 3. The smallest absolute Gasteiger partial charge is 0.331 e. The van der Waals surface area contributed by atoms with E-state index < -0.39 is 0 Å². The van der Waals surface area contributed by atoms with Crippen LogP contribution in [-0.2, 0) is 9.63 Å². The standard InChI is InChI=1S/C17H16N2O2/c1-11(20)21-18-15-9-10-19-16-8-3-2-5-12(16)13-6-4-7-14(15)17(13)19/h2-8,12,16H,9-10H2,1H3/b18-15+. The number of nitrogens with zero attached hydrogens (tertiary/aromatic N) is 2. The van der Waals surface area contributed by atoms with Crippen LogP contribution in [0.2, 0.25) is 0 Å². The minimum Gasteiger partial charge on any atom is -0.363 e. The lowest BCUT2D eigenvalue weighted by molar-refractivity contribution is -0.140. The molecule has 0 saturated carbocycles. The second kappa shape index (κ2) is 4.58. The Morgan fingerprint density at radius 2 is 2.19 bits per heavy atom. The number of hydrogen-bond acceptors (Lipinski definition) is 4. The Bertz CT molecular complexity index is 703. The van der Waals surface area contributed by atoms with Gasteiger partial charge in [-0.25, -0.2) is 4.79 Å². The molecule has 1 aromatic rings. The van der Waals surface area contributed by atoms with Gasteiger partial charge in [0.05, 0.1) is 17.4 Å². The molecule has 0 fully saturated rings. The van der Waals surface area contributed by atoms with Gasteiger partial charge in [0.15, 0.2) is 0 Å². The molecule has 4 rings (SSSR count). The maximum atomic E-state index is 11.0. The lowest BCUT2D eigenvalue weighted by Gasteiger charge is -2.32. The molecule has 0 amide bonds. The van der Waals surface area contributed by atoms with Crippen LogP contribution < -0.4 is 4.90 Å². The molecule has 0 saturated heterocycles. The highest BCUT2D eigenvalue weighted by atomic mass is 16.7. The van der Waals surface area contributed by atoms with Crippen molar-refractivity contribution in [1.29, 1.82) is 0 Å². The number of carbonyl (C=O) groups is 1. The van der Waals surface area contributed by atoms with Crippen LogP contribution in [-0.4, -0.2) is 24.3 Å². The summed E-state index contributed by atoms with van der Waals surface area (Å²) in [6.07, 6.45) is 9.57. The Morgan fingerprint density at radius 1 is 1.33 bits per heavy atom. The zero-order valence-corrected chi connectivity index (χ0v) is 11.8. The van der Waals surface area contributed by atoms with Crippen molar-refractivity contribution in [2.24, 2.45) is 5.16 Å². The van der Waals surface area contributed by atoms with Crippen molar-refractivity contribution in [3.05, 3.63) is 53.6 Å². The third-order valence-electron chi connectivity index (χ3n) is 4.36. The fourth-order valence-corrected chi connectivity index (χ4v) is 3.55. The molecule has 0 N–H and O–H groups in total. The Kier molecular flexibility index (Phi) is 2.70. The SMILES string of the molecule is CC(=O)O/N=C1\CCN2c3c1cccc3C1C=CC=CC12. The van der Waals surface area contributed by atoms with Crippen molar-refractivity contribution in [2.45, 2.75) is 25.3 Å². The van der Waals surface area contributed by atoms with Crippen molar-refractivity contribution in [1.82, 2.24) is 0 Å². The summed E-state index contributed by atoms with van der Waals surface area (Å²) in [6.45, 7) is 2.28. The first-order chi connectivity index (χ1) is 10.3. The van der Waals surface area contributed by atoms with Gasteiger partial charge in [0.1, 0.15) is 0 Å². The molecule has 2 heterocycles. The molecule has 1 aromatic carbocycles. The van der Waals surface area contributed by atoms with E-state index in [1.807, 2.05) is 0 Å². The molecule has 0 radical (unpaired) electrons. The minimum atomic E-state index is -0.378. The summed E-state index contributed by atoms with van der Waals surface area (Å²) in [6, 6.07) is 6.73. The molecule has 0 aromatic heterocycles. The number of allylic oxidation sites excluding steroid dienone is 2. The molecule has 106 valence electrons. The van der Waals surface area contributed by atoms with Crippen LogP contribution in [0.4, 0.5) is 5.69 Å². The van der Waals surface area contributed by atoms with Gasteiger partial charge in [0, 0.05) is 31.4 Å². The molecular formula is C17H16N2O2. The largest absolute Gasteiger partial charge is 0.363 e. The summed E-state index contributed by atoms with van der Waals surface area (Å²) in [5, 5.41) is 4.05. The molecule has 0 bridgehead atoms. The van der Waals surface area contributed by atoms with E-state index in [9.17, 15) is 4.79 Å². The Labute approximate surface area is 123 Å². The number of rotatable bonds is 1. The summed E-state index contributed by atoms with van der Waals surface area (Å²) < 4.78 is 0. The van der Waals surface area contributed by atoms with Crippen molar-refractivity contribution in [3.8, 4) is 0 Å². The first-order valence-electron chi connectivity index (χ1n) is 7.25. The highest BCUT2D eigenvalue weighted by Gasteiger charge is 2.40. The zero-order chi connectivity index (χ0) is 14.4. The van der Waals surface area contributed by atoms with Crippen LogP contribution in [0.3, 0.4) is 0 Å². The molecule has 2 unspecified atom stereocenters. The number of carbonyl (C=O) groups excluding carboxylic acids is 1. The van der Waals surface area contributed by atoms with Gasteiger partial charge in [-0.3, -0.25) is 0 Å². The van der Waals surface area contributed by atoms with E-state index >= 15 is 0 Å². The molecule has 0 spiro atoms. The summed E-state index contributed by atoms with van der Waals surface area (Å²) in [4.78, 5) is 18.3. The normalized spacial score (nSPS) is 26.7. The molecule has 4 nitrogen and oxygen atoms in total. The number of oxime groups is 1. The van der Waals surface area contributed by atoms with Gasteiger partial charge in [-0.05, 0) is 5.56 Å². The summed E-state index contributed by atoms with van der Waals surface area (Å²) in [5.41, 5.74) is 4.55. The summed E-state index contributed by atoms with van der Waals surface area (Å²) in [7, 11) is 0. The highest BCUT2D eigenvalue weighted by Crippen LogP contribution is 2.47. The lowest BCUT2D eigenvalue weighted by atomic mass is 9.90. The first kappa shape index (κ1) is 12.4. The van der Waals surface area contributed by atoms with E-state index in [1.54, 1.807) is 0 Å². The third kappa shape index (κ3) is 1.82. The third-order valence-corrected chi connectivity index (χ3v) is 4.36. The van der Waals surface area contributed by atoms with Gasteiger partial charge in [-0.15, -0.1) is 0 Å². The van der Waals surface area contributed by atoms with E-state index in [2.05, 4.69) is 52.6 Å². The van der Waals surface area contributed by atoms with Crippen LogP contribution in [0.1, 0.15) is 30.4 Å². The van der Waals surface area contributed by atoms with Gasteiger partial charge in [-0.1, -0.05) is 47.7 Å². The van der Waals surface area contributed by atoms with E-state index in [-0.39, 0.29) is 5.97 Å². The molecule has 4 heteroatoms. The van der Waals surface area contributed by atoms with Crippen molar-refractivity contribution in [3.63, 3.8) is 0 Å². The first-order valence-corrected chi connectivity index (χ1v) is 7.25. The van der Waals surface area contributed by atoms with Crippen LogP contribution in [0, 0.1) is 0 Å². The van der Waals surface area contributed by atoms with Gasteiger partial charge in [-0.2, -0.15) is 0 Å². The number of hydrogen-bond donors (Lipinski definition) is 0. The molecule has 3 aliphatic rings. The summed E-state index contributed by atoms with van der Waals surface area (Å²) >= 11 is 0. The van der Waals surface area contributed by atoms with E-state index in [4.69, 9.17) is 4.84 Å².